The zero-order valence-corrected chi connectivity index (χ0v) is 31.7. The number of carbonyl (C=O) groups excluding carboxylic acids is 3. The fraction of sp³-hybridized carbons (Fsp3) is 0.865. The number of allylic oxidation sites excluding steroid dienone is 1. The van der Waals surface area contributed by atoms with E-state index in [1.807, 2.05) is 27.7 Å². The lowest BCUT2D eigenvalue weighted by molar-refractivity contribution is -0.310. The van der Waals surface area contributed by atoms with Gasteiger partial charge in [0.15, 0.2) is 24.0 Å². The molecule has 0 aliphatic carbocycles. The third kappa shape index (κ3) is 8.84. The standard InChI is InChI=1S/C37H58O15/c1-17-10-13-27(39)47-21(5)24(16-45-34-32(44-9)31(43-8)28(40)22(6)48-34)30-26(50-30)12-11-25(38)18(2)14-19(3)29(17)51-35-33(41)37(15-20(4)46-35)23(7)49-36(42)52-37/h11-12,17-24,26,28-35,40-41H,10,13-16H2,1-9H3/b12-11+/t17?,18?,19?,20?,21?,22?,23-,24?,26?,28?,29?,30?,31?,32?,33?,34?,35-,37?/m0/s1. The maximum atomic E-state index is 13.4. The molecule has 4 fully saturated rings. The summed E-state index contributed by atoms with van der Waals surface area (Å²) in [4.78, 5) is 38.8. The Bertz CT molecular complexity index is 1280. The van der Waals surface area contributed by atoms with Crippen LogP contribution < -0.4 is 0 Å². The lowest BCUT2D eigenvalue weighted by Crippen LogP contribution is -2.62. The van der Waals surface area contributed by atoms with E-state index in [2.05, 4.69) is 0 Å². The van der Waals surface area contributed by atoms with E-state index in [0.717, 1.165) is 0 Å². The van der Waals surface area contributed by atoms with Crippen LogP contribution in [-0.4, -0.2) is 134 Å². The topological polar surface area (TPSA) is 187 Å². The molecular weight excluding hydrogens is 684 g/mol. The van der Waals surface area contributed by atoms with Crippen LogP contribution in [0.4, 0.5) is 4.79 Å². The molecule has 4 saturated heterocycles. The van der Waals surface area contributed by atoms with E-state index < -0.39 is 91.2 Å². The molecule has 15 nitrogen and oxygen atoms in total. The number of hydrogen-bond donors (Lipinski definition) is 2. The number of esters is 1. The van der Waals surface area contributed by atoms with E-state index in [-0.39, 0.29) is 55.2 Å². The Morgan fingerprint density at radius 3 is 2.21 bits per heavy atom. The smallest absolute Gasteiger partial charge is 0.462 e. The van der Waals surface area contributed by atoms with Gasteiger partial charge in [0, 0.05) is 38.9 Å². The molecule has 0 aromatic carbocycles. The van der Waals surface area contributed by atoms with E-state index in [1.165, 1.54) is 20.3 Å². The zero-order valence-electron chi connectivity index (χ0n) is 31.7. The molecule has 0 saturated carbocycles. The van der Waals surface area contributed by atoms with Crippen molar-refractivity contribution >= 4 is 17.9 Å². The summed E-state index contributed by atoms with van der Waals surface area (Å²) >= 11 is 0. The number of ketones is 1. The summed E-state index contributed by atoms with van der Waals surface area (Å²) in [6, 6.07) is 0. The van der Waals surface area contributed by atoms with Gasteiger partial charge in [-0.2, -0.15) is 0 Å². The molecule has 296 valence electrons. The summed E-state index contributed by atoms with van der Waals surface area (Å²) in [5.74, 6) is -1.71. The summed E-state index contributed by atoms with van der Waals surface area (Å²) in [5, 5.41) is 22.1. The van der Waals surface area contributed by atoms with Crippen LogP contribution in [0.1, 0.15) is 74.1 Å². The van der Waals surface area contributed by atoms with Crippen molar-refractivity contribution in [3.8, 4) is 0 Å². The Kier molecular flexibility index (Phi) is 13.4. The summed E-state index contributed by atoms with van der Waals surface area (Å²) in [5.41, 5.74) is -1.33. The van der Waals surface area contributed by atoms with Crippen molar-refractivity contribution in [1.29, 1.82) is 0 Å². The van der Waals surface area contributed by atoms with Gasteiger partial charge in [-0.15, -0.1) is 0 Å². The van der Waals surface area contributed by atoms with Gasteiger partial charge in [-0.3, -0.25) is 9.59 Å². The highest BCUT2D eigenvalue weighted by Gasteiger charge is 2.61. The van der Waals surface area contributed by atoms with Gasteiger partial charge in [0.05, 0.1) is 31.0 Å². The van der Waals surface area contributed by atoms with Crippen LogP contribution in [0.5, 0.6) is 0 Å². The maximum absolute atomic E-state index is 13.4. The quantitative estimate of drug-likeness (QED) is 0.286. The van der Waals surface area contributed by atoms with Gasteiger partial charge >= 0.3 is 12.1 Å². The van der Waals surface area contributed by atoms with Crippen LogP contribution in [0.25, 0.3) is 0 Å². The fourth-order valence-electron chi connectivity index (χ4n) is 8.26. The van der Waals surface area contributed by atoms with E-state index in [9.17, 15) is 24.6 Å². The molecule has 2 N–H and O–H groups in total. The first-order chi connectivity index (χ1) is 24.6. The fourth-order valence-corrected chi connectivity index (χ4v) is 8.26. The number of hydrogen-bond acceptors (Lipinski definition) is 15. The first-order valence-electron chi connectivity index (χ1n) is 18.6. The van der Waals surface area contributed by atoms with Crippen LogP contribution in [0, 0.1) is 23.7 Å². The average molecular weight is 743 g/mol. The highest BCUT2D eigenvalue weighted by molar-refractivity contribution is 5.91. The van der Waals surface area contributed by atoms with Crippen molar-refractivity contribution in [2.75, 3.05) is 20.8 Å². The Morgan fingerprint density at radius 1 is 0.846 bits per heavy atom. The van der Waals surface area contributed by atoms with Crippen LogP contribution in [0.15, 0.2) is 12.2 Å². The second-order valence-corrected chi connectivity index (χ2v) is 15.4. The third-order valence-corrected chi connectivity index (χ3v) is 11.5. The van der Waals surface area contributed by atoms with Gasteiger partial charge in [0.2, 0.25) is 0 Å². The molecule has 16 unspecified atom stereocenters. The van der Waals surface area contributed by atoms with Gasteiger partial charge in [0.25, 0.3) is 0 Å². The molecule has 5 heterocycles. The van der Waals surface area contributed by atoms with Crippen LogP contribution in [0.2, 0.25) is 0 Å². The number of aliphatic hydroxyl groups is 2. The van der Waals surface area contributed by atoms with E-state index in [0.29, 0.717) is 12.8 Å². The lowest BCUT2D eigenvalue weighted by Gasteiger charge is -2.46. The number of carbonyl (C=O) groups is 3. The number of ether oxygens (including phenoxy) is 10. The number of rotatable bonds is 7. The molecule has 0 aromatic heterocycles. The van der Waals surface area contributed by atoms with Crippen molar-refractivity contribution in [1.82, 2.24) is 0 Å². The highest BCUT2D eigenvalue weighted by Crippen LogP contribution is 2.43. The van der Waals surface area contributed by atoms with Crippen molar-refractivity contribution < 1.29 is 72.0 Å². The normalized spacial score (nSPS) is 48.4. The molecule has 18 atom stereocenters. The lowest BCUT2D eigenvalue weighted by atomic mass is 9.81. The summed E-state index contributed by atoms with van der Waals surface area (Å²) < 4.78 is 58.6. The molecule has 52 heavy (non-hydrogen) atoms. The molecule has 0 aromatic rings. The SMILES string of the molecule is COC1C(OCC2C(C)OC(=O)CCC(C)C(O[C@@H]3OC(C)CC4(OC(=O)O[C@H]4C)C3O)C(C)CC(C)C(=O)/C=C/C3OC32)OC(C)C(O)C1OC. The van der Waals surface area contributed by atoms with Crippen LogP contribution in [0.3, 0.4) is 0 Å². The van der Waals surface area contributed by atoms with Gasteiger partial charge in [0.1, 0.15) is 42.7 Å². The minimum absolute atomic E-state index is 0.0734. The maximum Gasteiger partial charge on any atom is 0.509 e. The van der Waals surface area contributed by atoms with Crippen molar-refractivity contribution in [2.24, 2.45) is 23.7 Å². The Morgan fingerprint density at radius 2 is 1.56 bits per heavy atom. The molecule has 0 radical (unpaired) electrons. The van der Waals surface area contributed by atoms with Gasteiger partial charge in [-0.1, -0.05) is 20.8 Å². The number of cyclic esters (lactones) is 2. The molecular formula is C37H58O15. The summed E-state index contributed by atoms with van der Waals surface area (Å²) in [7, 11) is 2.97. The second kappa shape index (κ2) is 17.1. The zero-order chi connectivity index (χ0) is 38.1. The third-order valence-electron chi connectivity index (χ3n) is 11.5. The highest BCUT2D eigenvalue weighted by atomic mass is 16.8. The Hall–Kier alpha value is -2.21. The van der Waals surface area contributed by atoms with Gasteiger partial charge in [-0.25, -0.2) is 4.79 Å². The summed E-state index contributed by atoms with van der Waals surface area (Å²) in [6.45, 7) is 12.8. The van der Waals surface area contributed by atoms with Gasteiger partial charge < -0.3 is 57.6 Å². The second-order valence-electron chi connectivity index (χ2n) is 15.4. The number of methoxy groups -OCH3 is 2. The van der Waals surface area contributed by atoms with Crippen LogP contribution >= 0.6 is 0 Å². The number of epoxide rings is 1. The first kappa shape index (κ1) is 41.0. The molecule has 1 spiro atoms. The monoisotopic (exact) mass is 742 g/mol. The van der Waals surface area contributed by atoms with E-state index >= 15 is 0 Å². The van der Waals surface area contributed by atoms with E-state index in [4.69, 9.17) is 47.4 Å². The van der Waals surface area contributed by atoms with Crippen molar-refractivity contribution in [3.05, 3.63) is 12.2 Å². The van der Waals surface area contributed by atoms with E-state index in [1.54, 1.807) is 26.8 Å². The minimum atomic E-state index is -1.34. The Labute approximate surface area is 305 Å². The molecule has 0 amide bonds. The van der Waals surface area contributed by atoms with Crippen molar-refractivity contribution in [3.63, 3.8) is 0 Å². The molecule has 15 heteroatoms. The predicted molar refractivity (Wildman–Crippen MR) is 181 cm³/mol. The molecule has 5 rings (SSSR count). The molecule has 0 bridgehead atoms. The first-order valence-corrected chi connectivity index (χ1v) is 18.6. The number of aliphatic hydroxyl groups excluding tert-OH is 2. The van der Waals surface area contributed by atoms with Gasteiger partial charge in [-0.05, 0) is 64.5 Å². The molecule has 5 aliphatic heterocycles. The summed E-state index contributed by atoms with van der Waals surface area (Å²) in [6.07, 6.45) is -5.79. The predicted octanol–water partition coefficient (Wildman–Crippen LogP) is 2.85. The number of fused-ring (bicyclic) bond motifs is 1. The van der Waals surface area contributed by atoms with Crippen molar-refractivity contribution in [2.45, 2.75) is 159 Å². The largest absolute Gasteiger partial charge is 0.509 e. The average Bonchev–Trinajstić information content (AvgIpc) is 3.79. The molecule has 5 aliphatic rings. The minimum Gasteiger partial charge on any atom is -0.462 e. The Balaban J connectivity index is 1.31. The van der Waals surface area contributed by atoms with Crippen LogP contribution in [-0.2, 0) is 57.0 Å².